The van der Waals surface area contributed by atoms with Crippen LogP contribution in [0.25, 0.3) is 0 Å². The Morgan fingerprint density at radius 1 is 0.583 bits per heavy atom. The predicted octanol–water partition coefficient (Wildman–Crippen LogP) is 8.87. The van der Waals surface area contributed by atoms with Gasteiger partial charge in [0.15, 0.2) is 0 Å². The van der Waals surface area contributed by atoms with Crippen LogP contribution in [0.1, 0.15) is 149 Å². The number of hydrogen-bond donors (Lipinski definition) is 0. The summed E-state index contributed by atoms with van der Waals surface area (Å²) in [5.74, 6) is 0.594. The van der Waals surface area contributed by atoms with Gasteiger partial charge in [-0.05, 0) is 65.2 Å². The summed E-state index contributed by atoms with van der Waals surface area (Å²) in [6.07, 6.45) is 24.9. The van der Waals surface area contributed by atoms with Crippen molar-refractivity contribution in [2.45, 2.75) is 149 Å². The van der Waals surface area contributed by atoms with Gasteiger partial charge in [-0.3, -0.25) is 4.79 Å². The molecule has 0 amide bonds. The van der Waals surface area contributed by atoms with Crippen molar-refractivity contribution in [2.24, 2.45) is 5.92 Å². The molecule has 0 aliphatic rings. The molecular weight excluding hydrogens is 444 g/mol. The van der Waals surface area contributed by atoms with E-state index in [-0.39, 0.29) is 5.97 Å². The molecule has 216 valence electrons. The van der Waals surface area contributed by atoms with Crippen LogP contribution in [0.2, 0.25) is 0 Å². The normalized spacial score (nSPS) is 12.5. The van der Waals surface area contributed by atoms with Crippen molar-refractivity contribution < 1.29 is 9.53 Å². The van der Waals surface area contributed by atoms with Gasteiger partial charge in [-0.2, -0.15) is 0 Å². The van der Waals surface area contributed by atoms with Gasteiger partial charge in [0.05, 0.1) is 6.61 Å². The number of likely N-dealkylation sites (N-methyl/N-ethyl adjacent to an activating group) is 1. The van der Waals surface area contributed by atoms with Crippen LogP contribution in [0.5, 0.6) is 0 Å². The van der Waals surface area contributed by atoms with Crippen LogP contribution in [-0.2, 0) is 9.53 Å². The maximum Gasteiger partial charge on any atom is 0.305 e. The predicted molar refractivity (Wildman–Crippen MR) is 159 cm³/mol. The molecule has 0 saturated carbocycles. The second-order valence-electron chi connectivity index (χ2n) is 11.5. The van der Waals surface area contributed by atoms with E-state index in [1.165, 1.54) is 129 Å². The van der Waals surface area contributed by atoms with Gasteiger partial charge >= 0.3 is 5.97 Å². The zero-order valence-corrected chi connectivity index (χ0v) is 25.5. The van der Waals surface area contributed by atoms with E-state index >= 15 is 0 Å². The summed E-state index contributed by atoms with van der Waals surface area (Å²) >= 11 is 0. The molecule has 0 N–H and O–H groups in total. The largest absolute Gasteiger partial charge is 0.465 e. The van der Waals surface area contributed by atoms with Crippen molar-refractivity contribution >= 4 is 5.97 Å². The van der Waals surface area contributed by atoms with E-state index in [4.69, 9.17) is 4.74 Å². The number of carbonyl (C=O) groups excluding carboxylic acids is 1. The van der Waals surface area contributed by atoms with Crippen molar-refractivity contribution in [3.05, 3.63) is 0 Å². The van der Waals surface area contributed by atoms with Gasteiger partial charge in [0.2, 0.25) is 0 Å². The number of unbranched alkanes of at least 4 members (excludes halogenated alkanes) is 13. The minimum Gasteiger partial charge on any atom is -0.465 e. The Balaban J connectivity index is 3.93. The third kappa shape index (κ3) is 25.1. The molecule has 0 saturated heterocycles. The molecule has 0 aliphatic heterocycles. The molecule has 1 atom stereocenters. The number of rotatable bonds is 28. The van der Waals surface area contributed by atoms with Crippen LogP contribution >= 0.6 is 0 Å². The topological polar surface area (TPSA) is 32.8 Å². The van der Waals surface area contributed by atoms with E-state index in [0.717, 1.165) is 19.4 Å². The number of hydrogen-bond acceptors (Lipinski definition) is 4. The van der Waals surface area contributed by atoms with Crippen LogP contribution in [0.15, 0.2) is 0 Å². The number of esters is 1. The fraction of sp³-hybridized carbons (Fsp3) is 0.969. The van der Waals surface area contributed by atoms with Crippen molar-refractivity contribution in [3.8, 4) is 0 Å². The molecule has 0 aromatic rings. The highest BCUT2D eigenvalue weighted by molar-refractivity contribution is 5.69. The second-order valence-corrected chi connectivity index (χ2v) is 11.5. The molecule has 0 heterocycles. The van der Waals surface area contributed by atoms with E-state index in [1.54, 1.807) is 0 Å². The van der Waals surface area contributed by atoms with E-state index in [9.17, 15) is 4.79 Å². The average Bonchev–Trinajstić information content (AvgIpc) is 2.86. The molecule has 0 aromatic carbocycles. The third-order valence-electron chi connectivity index (χ3n) is 7.46. The van der Waals surface area contributed by atoms with Crippen molar-refractivity contribution in [3.63, 3.8) is 0 Å². The molecule has 4 nitrogen and oxygen atoms in total. The van der Waals surface area contributed by atoms with Gasteiger partial charge in [-0.25, -0.2) is 0 Å². The SMILES string of the molecule is CCCCCCCCN(CCCCCCCC(=O)OCC(CCCC)CCCCCC)CCN(C)C. The van der Waals surface area contributed by atoms with Gasteiger partial charge in [0.25, 0.3) is 0 Å². The molecule has 0 rings (SSSR count). The first-order valence-electron chi connectivity index (χ1n) is 16.1. The summed E-state index contributed by atoms with van der Waals surface area (Å²) < 4.78 is 5.68. The molecule has 0 spiro atoms. The van der Waals surface area contributed by atoms with Gasteiger partial charge in [-0.1, -0.05) is 111 Å². The lowest BCUT2D eigenvalue weighted by atomic mass is 9.96. The molecule has 1 unspecified atom stereocenters. The van der Waals surface area contributed by atoms with E-state index in [2.05, 4.69) is 44.7 Å². The molecule has 0 aliphatic carbocycles. The fourth-order valence-corrected chi connectivity index (χ4v) is 4.87. The minimum absolute atomic E-state index is 0.0267. The van der Waals surface area contributed by atoms with Crippen LogP contribution in [0.3, 0.4) is 0 Å². The van der Waals surface area contributed by atoms with Crippen LogP contribution in [0.4, 0.5) is 0 Å². The lowest BCUT2D eigenvalue weighted by molar-refractivity contribution is -0.145. The van der Waals surface area contributed by atoms with E-state index in [1.807, 2.05) is 0 Å². The Kier molecular flexibility index (Phi) is 27.0. The Morgan fingerprint density at radius 2 is 1.08 bits per heavy atom. The van der Waals surface area contributed by atoms with Crippen LogP contribution in [0, 0.1) is 5.92 Å². The monoisotopic (exact) mass is 511 g/mol. The van der Waals surface area contributed by atoms with E-state index in [0.29, 0.717) is 18.9 Å². The van der Waals surface area contributed by atoms with Crippen molar-refractivity contribution in [1.29, 1.82) is 0 Å². The van der Waals surface area contributed by atoms with Crippen LogP contribution in [-0.4, -0.2) is 62.7 Å². The summed E-state index contributed by atoms with van der Waals surface area (Å²) in [6, 6.07) is 0. The molecule has 0 bridgehead atoms. The first-order chi connectivity index (χ1) is 17.5. The number of ether oxygens (including phenoxy) is 1. The number of carbonyl (C=O) groups is 1. The Labute approximate surface area is 227 Å². The highest BCUT2D eigenvalue weighted by atomic mass is 16.5. The van der Waals surface area contributed by atoms with Gasteiger partial charge < -0.3 is 14.5 Å². The number of nitrogens with zero attached hydrogens (tertiary/aromatic N) is 2. The van der Waals surface area contributed by atoms with E-state index < -0.39 is 0 Å². The average molecular weight is 511 g/mol. The third-order valence-corrected chi connectivity index (χ3v) is 7.46. The minimum atomic E-state index is 0.0267. The smallest absolute Gasteiger partial charge is 0.305 e. The zero-order chi connectivity index (χ0) is 26.7. The molecular formula is C32H66N2O2. The molecule has 0 radical (unpaired) electrons. The first-order valence-corrected chi connectivity index (χ1v) is 16.1. The van der Waals surface area contributed by atoms with Crippen molar-refractivity contribution in [2.75, 3.05) is 46.9 Å². The van der Waals surface area contributed by atoms with Gasteiger partial charge in [0, 0.05) is 19.5 Å². The molecule has 4 heteroatoms. The Bertz CT molecular complexity index is 455. The maximum absolute atomic E-state index is 12.3. The molecule has 0 fully saturated rings. The summed E-state index contributed by atoms with van der Waals surface area (Å²) in [4.78, 5) is 17.2. The lowest BCUT2D eigenvalue weighted by Crippen LogP contribution is -2.33. The maximum atomic E-state index is 12.3. The Hall–Kier alpha value is -0.610. The summed E-state index contributed by atoms with van der Waals surface area (Å²) in [5.41, 5.74) is 0. The quantitative estimate of drug-likeness (QED) is 0.0777. The Morgan fingerprint density at radius 3 is 1.67 bits per heavy atom. The standard InChI is InChI=1S/C32H66N2O2/c1-6-9-12-14-17-21-26-34(29-28-33(4)5)27-22-18-15-16-20-25-32(35)36-30-31(23-11-8-3)24-19-13-10-7-2/h31H,6-30H2,1-5H3. The molecule has 36 heavy (non-hydrogen) atoms. The van der Waals surface area contributed by atoms with Gasteiger partial charge in [0.1, 0.15) is 0 Å². The summed E-state index contributed by atoms with van der Waals surface area (Å²) in [5, 5.41) is 0. The zero-order valence-electron chi connectivity index (χ0n) is 25.5. The summed E-state index contributed by atoms with van der Waals surface area (Å²) in [6.45, 7) is 12.3. The summed E-state index contributed by atoms with van der Waals surface area (Å²) in [7, 11) is 4.35. The van der Waals surface area contributed by atoms with Crippen LogP contribution < -0.4 is 0 Å². The lowest BCUT2D eigenvalue weighted by Gasteiger charge is -2.24. The fourth-order valence-electron chi connectivity index (χ4n) is 4.87. The van der Waals surface area contributed by atoms with Crippen molar-refractivity contribution in [1.82, 2.24) is 9.80 Å². The second kappa shape index (κ2) is 27.4. The molecule has 0 aromatic heterocycles. The first kappa shape index (κ1) is 35.4. The van der Waals surface area contributed by atoms with Gasteiger partial charge in [-0.15, -0.1) is 0 Å². The highest BCUT2D eigenvalue weighted by Crippen LogP contribution is 2.18. The highest BCUT2D eigenvalue weighted by Gasteiger charge is 2.12.